The van der Waals surface area contributed by atoms with Gasteiger partial charge in [-0.3, -0.25) is 14.3 Å². The van der Waals surface area contributed by atoms with Crippen molar-refractivity contribution in [3.63, 3.8) is 0 Å². The average Bonchev–Trinajstić information content (AvgIpc) is 3.05. The van der Waals surface area contributed by atoms with Gasteiger partial charge in [0.15, 0.2) is 0 Å². The normalized spacial score (nSPS) is 20.9. The molecule has 1 aromatic heterocycles. The first-order valence-electron chi connectivity index (χ1n) is 9.14. The van der Waals surface area contributed by atoms with Gasteiger partial charge in [-0.25, -0.2) is 14.6 Å². The van der Waals surface area contributed by atoms with E-state index in [0.717, 1.165) is 0 Å². The van der Waals surface area contributed by atoms with Gasteiger partial charge < -0.3 is 9.47 Å². The van der Waals surface area contributed by atoms with Crippen LogP contribution in [0.25, 0.3) is 0 Å². The van der Waals surface area contributed by atoms with E-state index < -0.39 is 34.7 Å². The molecule has 0 spiro atoms. The Labute approximate surface area is 159 Å². The summed E-state index contributed by atoms with van der Waals surface area (Å²) in [5.41, 5.74) is -3.35. The zero-order valence-electron chi connectivity index (χ0n) is 16.9. The van der Waals surface area contributed by atoms with Crippen molar-refractivity contribution in [2.45, 2.75) is 77.5 Å². The summed E-state index contributed by atoms with van der Waals surface area (Å²) in [6.45, 7) is 10.6. The van der Waals surface area contributed by atoms with Crippen molar-refractivity contribution in [2.24, 2.45) is 0 Å². The summed E-state index contributed by atoms with van der Waals surface area (Å²) in [4.78, 5) is 44.6. The third-order valence-electron chi connectivity index (χ3n) is 4.07. The molecule has 0 N–H and O–H groups in total. The maximum absolute atomic E-state index is 13.4. The molecule has 1 amide bonds. The SMILES string of the molecule is CC(C)(C)OC(=O)N1CCCCC1(C(=O)OC(C)(C)C)C(=O)n1ccnc1. The van der Waals surface area contributed by atoms with E-state index in [1.807, 2.05) is 0 Å². The summed E-state index contributed by atoms with van der Waals surface area (Å²) >= 11 is 0. The van der Waals surface area contributed by atoms with E-state index in [2.05, 4.69) is 4.98 Å². The monoisotopic (exact) mass is 379 g/mol. The van der Waals surface area contributed by atoms with Gasteiger partial charge in [0, 0.05) is 18.9 Å². The van der Waals surface area contributed by atoms with Crippen LogP contribution in [0.5, 0.6) is 0 Å². The first kappa shape index (κ1) is 20.9. The van der Waals surface area contributed by atoms with Gasteiger partial charge >= 0.3 is 12.1 Å². The molecule has 1 unspecified atom stereocenters. The van der Waals surface area contributed by atoms with Crippen LogP contribution < -0.4 is 0 Å². The summed E-state index contributed by atoms with van der Waals surface area (Å²) in [5.74, 6) is -1.32. The van der Waals surface area contributed by atoms with E-state index in [4.69, 9.17) is 9.47 Å². The van der Waals surface area contributed by atoms with Crippen molar-refractivity contribution in [1.29, 1.82) is 0 Å². The minimum Gasteiger partial charge on any atom is -0.458 e. The molecule has 0 bridgehead atoms. The quantitative estimate of drug-likeness (QED) is 0.579. The maximum Gasteiger partial charge on any atom is 0.411 e. The first-order valence-corrected chi connectivity index (χ1v) is 9.14. The van der Waals surface area contributed by atoms with Gasteiger partial charge in [-0.1, -0.05) is 0 Å². The van der Waals surface area contributed by atoms with Crippen molar-refractivity contribution >= 4 is 18.0 Å². The van der Waals surface area contributed by atoms with Crippen LogP contribution in [0.1, 0.15) is 65.6 Å². The predicted octanol–water partition coefficient (Wildman–Crippen LogP) is 3.02. The average molecular weight is 379 g/mol. The van der Waals surface area contributed by atoms with E-state index in [9.17, 15) is 14.4 Å². The van der Waals surface area contributed by atoms with Crippen molar-refractivity contribution < 1.29 is 23.9 Å². The fraction of sp³-hybridized carbons (Fsp3) is 0.684. The molecule has 27 heavy (non-hydrogen) atoms. The molecule has 0 saturated carbocycles. The van der Waals surface area contributed by atoms with E-state index in [0.29, 0.717) is 12.8 Å². The smallest absolute Gasteiger partial charge is 0.411 e. The van der Waals surface area contributed by atoms with Gasteiger partial charge in [-0.05, 0) is 60.8 Å². The van der Waals surface area contributed by atoms with Crippen LogP contribution in [-0.2, 0) is 14.3 Å². The first-order chi connectivity index (χ1) is 12.4. The van der Waals surface area contributed by atoms with Crippen LogP contribution >= 0.6 is 0 Å². The number of esters is 1. The Morgan fingerprint density at radius 1 is 1.00 bits per heavy atom. The van der Waals surface area contributed by atoms with Crippen LogP contribution in [0, 0.1) is 0 Å². The van der Waals surface area contributed by atoms with Crippen molar-refractivity contribution in [3.05, 3.63) is 18.7 Å². The highest BCUT2D eigenvalue weighted by molar-refractivity contribution is 6.10. The summed E-state index contributed by atoms with van der Waals surface area (Å²) in [5, 5.41) is 0. The Kier molecular flexibility index (Phi) is 5.68. The summed E-state index contributed by atoms with van der Waals surface area (Å²) in [6.07, 6.45) is 4.95. The van der Waals surface area contributed by atoms with Gasteiger partial charge in [0.25, 0.3) is 5.91 Å². The fourth-order valence-electron chi connectivity index (χ4n) is 3.02. The number of piperidine rings is 1. The number of rotatable bonds is 2. The van der Waals surface area contributed by atoms with Crippen molar-refractivity contribution in [1.82, 2.24) is 14.5 Å². The highest BCUT2D eigenvalue weighted by Crippen LogP contribution is 2.34. The van der Waals surface area contributed by atoms with E-state index in [1.165, 1.54) is 28.2 Å². The number of hydrogen-bond acceptors (Lipinski definition) is 6. The highest BCUT2D eigenvalue weighted by Gasteiger charge is 2.57. The Morgan fingerprint density at radius 3 is 2.15 bits per heavy atom. The van der Waals surface area contributed by atoms with E-state index >= 15 is 0 Å². The number of likely N-dealkylation sites (tertiary alicyclic amines) is 1. The highest BCUT2D eigenvalue weighted by atomic mass is 16.6. The number of amides is 1. The molecule has 8 nitrogen and oxygen atoms in total. The van der Waals surface area contributed by atoms with Gasteiger partial charge in [0.2, 0.25) is 5.54 Å². The van der Waals surface area contributed by atoms with E-state index in [-0.39, 0.29) is 13.0 Å². The minimum atomic E-state index is -1.78. The number of imidazole rings is 1. The molecule has 1 aliphatic heterocycles. The number of aromatic nitrogens is 2. The number of ether oxygens (including phenoxy) is 2. The van der Waals surface area contributed by atoms with Crippen LogP contribution in [0.15, 0.2) is 18.7 Å². The molecule has 2 heterocycles. The second-order valence-corrected chi connectivity index (χ2v) is 8.73. The third kappa shape index (κ3) is 4.67. The standard InChI is InChI=1S/C19H29N3O5/c1-17(2,3)26-15(24)19(14(23)21-12-10-20-13-21)9-7-8-11-22(19)16(25)27-18(4,5)6/h10,12-13H,7-9,11H2,1-6H3. The van der Waals surface area contributed by atoms with Gasteiger partial charge in [-0.15, -0.1) is 0 Å². The zero-order valence-corrected chi connectivity index (χ0v) is 16.9. The third-order valence-corrected chi connectivity index (χ3v) is 4.07. The zero-order chi connectivity index (χ0) is 20.5. The molecular formula is C19H29N3O5. The largest absolute Gasteiger partial charge is 0.458 e. The number of carbonyl (C=O) groups is 3. The van der Waals surface area contributed by atoms with E-state index in [1.54, 1.807) is 41.5 Å². The molecule has 0 radical (unpaired) electrons. The Morgan fingerprint density at radius 2 is 1.63 bits per heavy atom. The second kappa shape index (κ2) is 7.32. The molecule has 150 valence electrons. The van der Waals surface area contributed by atoms with Crippen molar-refractivity contribution in [3.8, 4) is 0 Å². The number of hydrogen-bond donors (Lipinski definition) is 0. The Bertz CT molecular complexity index is 700. The predicted molar refractivity (Wildman–Crippen MR) is 98.2 cm³/mol. The second-order valence-electron chi connectivity index (χ2n) is 8.73. The van der Waals surface area contributed by atoms with Crippen LogP contribution in [-0.4, -0.2) is 55.7 Å². The molecule has 1 fully saturated rings. The lowest BCUT2D eigenvalue weighted by Crippen LogP contribution is -2.66. The van der Waals surface area contributed by atoms with Gasteiger partial charge in [0.05, 0.1) is 0 Å². The molecule has 1 aliphatic rings. The molecule has 1 saturated heterocycles. The summed E-state index contributed by atoms with van der Waals surface area (Å²) in [7, 11) is 0. The van der Waals surface area contributed by atoms with Crippen LogP contribution in [0.2, 0.25) is 0 Å². The van der Waals surface area contributed by atoms with Gasteiger partial charge in [0.1, 0.15) is 17.5 Å². The molecular weight excluding hydrogens is 350 g/mol. The minimum absolute atomic E-state index is 0.165. The fourth-order valence-corrected chi connectivity index (χ4v) is 3.02. The molecule has 8 heteroatoms. The maximum atomic E-state index is 13.4. The lowest BCUT2D eigenvalue weighted by molar-refractivity contribution is -0.168. The number of carbonyl (C=O) groups excluding carboxylic acids is 3. The van der Waals surface area contributed by atoms with Crippen molar-refractivity contribution in [2.75, 3.05) is 6.54 Å². The lowest BCUT2D eigenvalue weighted by Gasteiger charge is -2.44. The van der Waals surface area contributed by atoms with Gasteiger partial charge in [-0.2, -0.15) is 0 Å². The molecule has 0 aromatic carbocycles. The van der Waals surface area contributed by atoms with Crippen LogP contribution in [0.3, 0.4) is 0 Å². The topological polar surface area (TPSA) is 90.7 Å². The Hall–Kier alpha value is -2.38. The summed E-state index contributed by atoms with van der Waals surface area (Å²) < 4.78 is 12.3. The molecule has 0 aliphatic carbocycles. The molecule has 2 rings (SSSR count). The number of nitrogens with zero attached hydrogens (tertiary/aromatic N) is 3. The summed E-state index contributed by atoms with van der Waals surface area (Å²) in [6, 6.07) is 0. The Balaban J connectivity index is 2.52. The molecule has 1 atom stereocenters. The lowest BCUT2D eigenvalue weighted by atomic mass is 9.85. The molecule has 1 aromatic rings. The van der Waals surface area contributed by atoms with Crippen LogP contribution in [0.4, 0.5) is 4.79 Å².